The fourth-order valence-corrected chi connectivity index (χ4v) is 2.45. The zero-order chi connectivity index (χ0) is 14.4. The second-order valence-electron chi connectivity index (χ2n) is 5.43. The van der Waals surface area contributed by atoms with Gasteiger partial charge < -0.3 is 15.4 Å². The number of carbonyl (C=O) groups is 1. The monoisotopic (exact) mass is 312 g/mol. The molecule has 0 aliphatic carbocycles. The normalized spacial score (nSPS) is 21.2. The molecule has 0 aromatic heterocycles. The molecule has 2 atom stereocenters. The maximum absolute atomic E-state index is 11.9. The smallest absolute Gasteiger partial charge is 0.258 e. The van der Waals surface area contributed by atoms with E-state index in [4.69, 9.17) is 4.74 Å². The summed E-state index contributed by atoms with van der Waals surface area (Å²) in [5.41, 5.74) is 1.27. The minimum Gasteiger partial charge on any atom is -0.484 e. The molecule has 118 valence electrons. The Labute approximate surface area is 133 Å². The lowest BCUT2D eigenvalue weighted by atomic mass is 9.95. The van der Waals surface area contributed by atoms with Gasteiger partial charge in [-0.3, -0.25) is 4.79 Å². The molecular formula is C16H25ClN2O2. The van der Waals surface area contributed by atoms with Crippen LogP contribution >= 0.6 is 12.4 Å². The number of piperidine rings is 1. The van der Waals surface area contributed by atoms with Gasteiger partial charge in [0.1, 0.15) is 5.75 Å². The van der Waals surface area contributed by atoms with Crippen molar-refractivity contribution in [1.29, 1.82) is 0 Å². The van der Waals surface area contributed by atoms with Gasteiger partial charge in [-0.1, -0.05) is 26.0 Å². The molecule has 0 radical (unpaired) electrons. The van der Waals surface area contributed by atoms with Gasteiger partial charge in [0.05, 0.1) is 0 Å². The highest BCUT2D eigenvalue weighted by atomic mass is 35.5. The number of amides is 1. The molecule has 2 N–H and O–H groups in total. The van der Waals surface area contributed by atoms with E-state index >= 15 is 0 Å². The van der Waals surface area contributed by atoms with Crippen molar-refractivity contribution in [3.05, 3.63) is 29.8 Å². The van der Waals surface area contributed by atoms with Crippen molar-refractivity contribution in [1.82, 2.24) is 10.6 Å². The van der Waals surface area contributed by atoms with Crippen LogP contribution in [0, 0.1) is 5.92 Å². The van der Waals surface area contributed by atoms with Gasteiger partial charge in [-0.25, -0.2) is 0 Å². The fraction of sp³-hybridized carbons (Fsp3) is 0.562. The fourth-order valence-electron chi connectivity index (χ4n) is 2.45. The SMILES string of the molecule is CCc1ccc(OCC(=O)NC2CCNCC2C)cc1.Cl. The van der Waals surface area contributed by atoms with Gasteiger partial charge in [-0.15, -0.1) is 12.4 Å². The third-order valence-electron chi connectivity index (χ3n) is 3.83. The number of halogens is 1. The third kappa shape index (κ3) is 5.56. The summed E-state index contributed by atoms with van der Waals surface area (Å²) in [6.45, 7) is 6.28. The van der Waals surface area contributed by atoms with Gasteiger partial charge >= 0.3 is 0 Å². The van der Waals surface area contributed by atoms with E-state index in [1.165, 1.54) is 5.56 Å². The van der Waals surface area contributed by atoms with Crippen molar-refractivity contribution in [2.24, 2.45) is 5.92 Å². The second-order valence-corrected chi connectivity index (χ2v) is 5.43. The highest BCUT2D eigenvalue weighted by Crippen LogP contribution is 2.13. The zero-order valence-corrected chi connectivity index (χ0v) is 13.5. The molecule has 2 rings (SSSR count). The number of carbonyl (C=O) groups excluding carboxylic acids is 1. The van der Waals surface area contributed by atoms with Crippen molar-refractivity contribution in [2.45, 2.75) is 32.7 Å². The summed E-state index contributed by atoms with van der Waals surface area (Å²) in [7, 11) is 0. The number of rotatable bonds is 5. The maximum Gasteiger partial charge on any atom is 0.258 e. The quantitative estimate of drug-likeness (QED) is 0.876. The molecule has 21 heavy (non-hydrogen) atoms. The predicted molar refractivity (Wildman–Crippen MR) is 87.1 cm³/mol. The number of hydrogen-bond acceptors (Lipinski definition) is 3. The molecule has 5 heteroatoms. The van der Waals surface area contributed by atoms with Crippen molar-refractivity contribution in [3.8, 4) is 5.75 Å². The van der Waals surface area contributed by atoms with Crippen LogP contribution in [-0.2, 0) is 11.2 Å². The van der Waals surface area contributed by atoms with Gasteiger partial charge in [-0.2, -0.15) is 0 Å². The van der Waals surface area contributed by atoms with E-state index in [9.17, 15) is 4.79 Å². The average Bonchev–Trinajstić information content (AvgIpc) is 2.48. The van der Waals surface area contributed by atoms with Crippen LogP contribution in [0.3, 0.4) is 0 Å². The molecule has 1 amide bonds. The lowest BCUT2D eigenvalue weighted by Gasteiger charge is -2.30. The Balaban J connectivity index is 0.00000220. The van der Waals surface area contributed by atoms with Crippen molar-refractivity contribution >= 4 is 18.3 Å². The van der Waals surface area contributed by atoms with E-state index in [0.29, 0.717) is 5.92 Å². The highest BCUT2D eigenvalue weighted by Gasteiger charge is 2.22. The van der Waals surface area contributed by atoms with Gasteiger partial charge in [0, 0.05) is 6.04 Å². The van der Waals surface area contributed by atoms with E-state index in [-0.39, 0.29) is 31.0 Å². The Morgan fingerprint density at radius 2 is 2.10 bits per heavy atom. The Morgan fingerprint density at radius 1 is 1.38 bits per heavy atom. The highest BCUT2D eigenvalue weighted by molar-refractivity contribution is 5.85. The van der Waals surface area contributed by atoms with E-state index in [2.05, 4.69) is 24.5 Å². The third-order valence-corrected chi connectivity index (χ3v) is 3.83. The predicted octanol–water partition coefficient (Wildman–Crippen LogP) is 2.16. The molecule has 4 nitrogen and oxygen atoms in total. The molecular weight excluding hydrogens is 288 g/mol. The second kappa shape index (κ2) is 8.90. The molecule has 0 saturated carbocycles. The van der Waals surface area contributed by atoms with Crippen molar-refractivity contribution < 1.29 is 9.53 Å². The summed E-state index contributed by atoms with van der Waals surface area (Å²) in [5, 5.41) is 6.38. The summed E-state index contributed by atoms with van der Waals surface area (Å²) in [4.78, 5) is 11.9. The molecule has 1 saturated heterocycles. The molecule has 0 bridgehead atoms. The maximum atomic E-state index is 11.9. The van der Waals surface area contributed by atoms with Crippen molar-refractivity contribution in [3.63, 3.8) is 0 Å². The topological polar surface area (TPSA) is 50.4 Å². The lowest BCUT2D eigenvalue weighted by molar-refractivity contribution is -0.124. The number of benzene rings is 1. The van der Waals surface area contributed by atoms with Gasteiger partial charge in [-0.05, 0) is 49.5 Å². The van der Waals surface area contributed by atoms with Crippen LogP contribution in [0.5, 0.6) is 5.75 Å². The lowest BCUT2D eigenvalue weighted by Crippen LogP contribution is -2.49. The van der Waals surface area contributed by atoms with Crippen LogP contribution in [0.4, 0.5) is 0 Å². The summed E-state index contributed by atoms with van der Waals surface area (Å²) in [5.74, 6) is 1.18. The Morgan fingerprint density at radius 3 is 2.71 bits per heavy atom. The van der Waals surface area contributed by atoms with Crippen molar-refractivity contribution in [2.75, 3.05) is 19.7 Å². The van der Waals surface area contributed by atoms with Gasteiger partial charge in [0.15, 0.2) is 6.61 Å². The molecule has 2 unspecified atom stereocenters. The minimum atomic E-state index is -0.0386. The van der Waals surface area contributed by atoms with Crippen LogP contribution < -0.4 is 15.4 Å². The number of hydrogen-bond donors (Lipinski definition) is 2. The van der Waals surface area contributed by atoms with E-state index in [0.717, 1.165) is 31.7 Å². The van der Waals surface area contributed by atoms with Crippen LogP contribution in [0.15, 0.2) is 24.3 Å². The minimum absolute atomic E-state index is 0. The molecule has 1 aromatic rings. The Kier molecular flexibility index (Phi) is 7.54. The van der Waals surface area contributed by atoms with Gasteiger partial charge in [0.25, 0.3) is 5.91 Å². The standard InChI is InChI=1S/C16H24N2O2.ClH/c1-3-13-4-6-14(7-5-13)20-11-16(19)18-15-8-9-17-10-12(15)2;/h4-7,12,15,17H,3,8-11H2,1-2H3,(H,18,19);1H. The first-order valence-electron chi connectivity index (χ1n) is 7.41. The Hall–Kier alpha value is -1.26. The molecule has 1 fully saturated rings. The molecule has 1 aliphatic heterocycles. The van der Waals surface area contributed by atoms with Crippen LogP contribution in [0.1, 0.15) is 25.8 Å². The van der Waals surface area contributed by atoms with Crippen LogP contribution in [-0.4, -0.2) is 31.6 Å². The molecule has 0 spiro atoms. The first-order chi connectivity index (χ1) is 9.69. The number of nitrogens with one attached hydrogen (secondary N) is 2. The van der Waals surface area contributed by atoms with Crippen LogP contribution in [0.25, 0.3) is 0 Å². The summed E-state index contributed by atoms with van der Waals surface area (Å²) in [6, 6.07) is 8.15. The van der Waals surface area contributed by atoms with E-state index < -0.39 is 0 Å². The van der Waals surface area contributed by atoms with E-state index in [1.807, 2.05) is 24.3 Å². The van der Waals surface area contributed by atoms with E-state index in [1.54, 1.807) is 0 Å². The largest absolute Gasteiger partial charge is 0.484 e. The Bertz CT molecular complexity index is 436. The number of ether oxygens (including phenoxy) is 1. The first-order valence-corrected chi connectivity index (χ1v) is 7.41. The summed E-state index contributed by atoms with van der Waals surface area (Å²) >= 11 is 0. The number of aryl methyl sites for hydroxylation is 1. The zero-order valence-electron chi connectivity index (χ0n) is 12.7. The summed E-state index contributed by atoms with van der Waals surface area (Å²) < 4.78 is 5.52. The molecule has 1 heterocycles. The first kappa shape index (κ1) is 17.8. The van der Waals surface area contributed by atoms with Crippen LogP contribution in [0.2, 0.25) is 0 Å². The molecule has 1 aliphatic rings. The molecule has 1 aromatic carbocycles. The van der Waals surface area contributed by atoms with Gasteiger partial charge in [0.2, 0.25) is 0 Å². The summed E-state index contributed by atoms with van der Waals surface area (Å²) in [6.07, 6.45) is 1.99. The average molecular weight is 313 g/mol.